The molecule has 0 aliphatic rings. The largest absolute Gasteiger partial charge is 2.00 e. The van der Waals surface area contributed by atoms with Crippen molar-refractivity contribution in [2.75, 3.05) is 0 Å². The van der Waals surface area contributed by atoms with Gasteiger partial charge in [-0.2, -0.15) is 0 Å². The average Bonchev–Trinajstić information content (AvgIpc) is 1.64. The van der Waals surface area contributed by atoms with Gasteiger partial charge in [0.05, 0.1) is 11.9 Å². The number of aliphatic carboxylic acids is 2. The maximum Gasteiger partial charge on any atom is 2.00 e. The zero-order chi connectivity index (χ0) is 6.73. The molecule has 54 valence electrons. The van der Waals surface area contributed by atoms with Gasteiger partial charge in [-0.3, -0.25) is 0 Å². The van der Waals surface area contributed by atoms with E-state index in [1.165, 1.54) is 0 Å². The number of hydrogen-bond donors (Lipinski definition) is 1. The van der Waals surface area contributed by atoms with Gasteiger partial charge in [0.2, 0.25) is 0 Å². The molecule has 5 nitrogen and oxygen atoms in total. The van der Waals surface area contributed by atoms with E-state index in [9.17, 15) is 19.8 Å². The molecule has 0 aliphatic heterocycles. The van der Waals surface area contributed by atoms with Crippen molar-refractivity contribution in [3.8, 4) is 0 Å². The molecular weight excluding hydrogens is 311 g/mol. The van der Waals surface area contributed by atoms with Gasteiger partial charge in [0, 0.05) is 0 Å². The summed E-state index contributed by atoms with van der Waals surface area (Å²) in [6.45, 7) is 0. The average molecular weight is 313 g/mol. The van der Waals surface area contributed by atoms with E-state index in [-0.39, 0.29) is 21.1 Å². The summed E-state index contributed by atoms with van der Waals surface area (Å²) < 4.78 is 0. The number of rotatable bonds is 2. The fraction of sp³-hybridized carbons (Fsp3) is 0.333. The van der Waals surface area contributed by atoms with Crippen LogP contribution < -0.4 is 10.2 Å². The van der Waals surface area contributed by atoms with Gasteiger partial charge in [-0.25, -0.2) is 0 Å². The molecule has 0 aromatic heterocycles. The monoisotopic (exact) mass is 313 g/mol. The van der Waals surface area contributed by atoms with Crippen LogP contribution in [-0.4, -0.2) is 23.1 Å². The summed E-state index contributed by atoms with van der Waals surface area (Å²) in [4.78, 5) is 18.7. The summed E-state index contributed by atoms with van der Waals surface area (Å²) in [7, 11) is 0. The Kier molecular flexibility index (Phi) is 5.65. The predicted molar refractivity (Wildman–Crippen MR) is 16.0 cm³/mol. The van der Waals surface area contributed by atoms with E-state index in [2.05, 4.69) is 0 Å². The van der Waals surface area contributed by atoms with Gasteiger partial charge in [-0.15, -0.1) is 0 Å². The molecule has 0 heterocycles. The third-order valence-corrected chi connectivity index (χ3v) is 0.447. The summed E-state index contributed by atoms with van der Waals surface area (Å²) in [5.74, 6) is -4.13. The predicted octanol–water partition coefficient (Wildman–Crippen LogP) is -4.16. The fourth-order valence-electron chi connectivity index (χ4n) is 0.0962. The van der Waals surface area contributed by atoms with Crippen molar-refractivity contribution < 1.29 is 46.0 Å². The molecule has 0 unspecified atom stereocenters. The van der Waals surface area contributed by atoms with Crippen LogP contribution in [0.1, 0.15) is 0 Å². The summed E-state index contributed by atoms with van der Waals surface area (Å²) in [5, 5.41) is 26.6. The van der Waals surface area contributed by atoms with Crippen LogP contribution in [0.15, 0.2) is 0 Å². The Labute approximate surface area is 64.6 Å². The third kappa shape index (κ3) is 4.12. The molecule has 0 fully saturated rings. The van der Waals surface area contributed by atoms with Crippen molar-refractivity contribution in [3.63, 3.8) is 0 Å². The van der Waals surface area contributed by atoms with Gasteiger partial charge in [-0.05, 0) is 0 Å². The van der Waals surface area contributed by atoms with Crippen LogP contribution in [0.5, 0.6) is 0 Å². The van der Waals surface area contributed by atoms with Gasteiger partial charge in [0.1, 0.15) is 6.10 Å². The van der Waals surface area contributed by atoms with Crippen LogP contribution in [0.4, 0.5) is 0 Å². The minimum atomic E-state index is -2.52. The number of aliphatic hydroxyl groups excluding tert-OH is 1. The van der Waals surface area contributed by atoms with E-state index in [0.717, 1.165) is 0 Å². The van der Waals surface area contributed by atoms with E-state index in [1.54, 1.807) is 0 Å². The Bertz CT molecular complexity index is 107. The number of carboxylic acid groups (broad SMARTS) is 2. The molecule has 0 aromatic carbocycles. The van der Waals surface area contributed by atoms with E-state index in [0.29, 0.717) is 0 Å². The second-order valence-corrected chi connectivity index (χ2v) is 1.04. The SMILES string of the molecule is O=C([O-])C(O)C(=O)[O-].[Pt+2]. The Hall–Kier alpha value is -0.412. The number of carbonyl (C=O) groups is 2. The van der Waals surface area contributed by atoms with Crippen LogP contribution >= 0.6 is 0 Å². The molecule has 0 aliphatic carbocycles. The van der Waals surface area contributed by atoms with Crippen molar-refractivity contribution in [2.24, 2.45) is 0 Å². The molecule has 0 amide bonds. The first-order chi connectivity index (χ1) is 3.55. The number of carboxylic acids is 2. The molecule has 0 bridgehead atoms. The van der Waals surface area contributed by atoms with Gasteiger partial charge in [-0.1, -0.05) is 0 Å². The summed E-state index contributed by atoms with van der Waals surface area (Å²) in [5.41, 5.74) is 0. The molecule has 0 aromatic rings. The zero-order valence-electron chi connectivity index (χ0n) is 3.97. The number of hydrogen-bond acceptors (Lipinski definition) is 5. The van der Waals surface area contributed by atoms with Crippen LogP contribution in [0.3, 0.4) is 0 Å². The van der Waals surface area contributed by atoms with E-state index in [4.69, 9.17) is 5.11 Å². The third-order valence-electron chi connectivity index (χ3n) is 0.447. The van der Waals surface area contributed by atoms with Crippen molar-refractivity contribution in [1.82, 2.24) is 0 Å². The fourth-order valence-corrected chi connectivity index (χ4v) is 0.0962. The summed E-state index contributed by atoms with van der Waals surface area (Å²) in [6.07, 6.45) is -2.52. The first kappa shape index (κ1) is 11.4. The van der Waals surface area contributed by atoms with Crippen molar-refractivity contribution in [2.45, 2.75) is 6.10 Å². The second kappa shape index (κ2) is 4.47. The van der Waals surface area contributed by atoms with Crippen LogP contribution in [-0.2, 0) is 30.7 Å². The van der Waals surface area contributed by atoms with Crippen LogP contribution in [0.2, 0.25) is 0 Å². The molecule has 0 radical (unpaired) electrons. The molecule has 0 saturated heterocycles. The Morgan fingerprint density at radius 1 is 1.22 bits per heavy atom. The second-order valence-electron chi connectivity index (χ2n) is 1.04. The molecule has 0 spiro atoms. The molecule has 0 rings (SSSR count). The molecule has 0 saturated carbocycles. The van der Waals surface area contributed by atoms with Crippen molar-refractivity contribution in [1.29, 1.82) is 0 Å². The minimum Gasteiger partial charge on any atom is -0.547 e. The Morgan fingerprint density at radius 2 is 1.44 bits per heavy atom. The van der Waals surface area contributed by atoms with Crippen LogP contribution in [0, 0.1) is 0 Å². The first-order valence-corrected chi connectivity index (χ1v) is 1.65. The molecule has 1 N–H and O–H groups in total. The van der Waals surface area contributed by atoms with Crippen LogP contribution in [0.25, 0.3) is 0 Å². The van der Waals surface area contributed by atoms with Crippen molar-refractivity contribution >= 4 is 11.9 Å². The number of carbonyl (C=O) groups excluding carboxylic acids is 2. The van der Waals surface area contributed by atoms with Gasteiger partial charge in [0.15, 0.2) is 0 Å². The van der Waals surface area contributed by atoms with E-state index >= 15 is 0 Å². The molecular formula is C3H2O5Pt. The minimum absolute atomic E-state index is 0. The molecule has 0 atom stereocenters. The van der Waals surface area contributed by atoms with Gasteiger partial charge >= 0.3 is 21.1 Å². The normalized spacial score (nSPS) is 8.22. The Morgan fingerprint density at radius 3 is 1.44 bits per heavy atom. The maximum atomic E-state index is 9.36. The number of aliphatic hydroxyl groups is 1. The van der Waals surface area contributed by atoms with Gasteiger partial charge < -0.3 is 24.9 Å². The standard InChI is InChI=1S/C3H4O5.Pt/c4-1(2(5)6)3(7)8;/h1,4H,(H,5,6)(H,7,8);/q;+2/p-2. The quantitative estimate of drug-likeness (QED) is 0.522. The van der Waals surface area contributed by atoms with Gasteiger partial charge in [0.25, 0.3) is 0 Å². The molecule has 6 heteroatoms. The van der Waals surface area contributed by atoms with E-state index in [1.807, 2.05) is 0 Å². The topological polar surface area (TPSA) is 100 Å². The summed E-state index contributed by atoms with van der Waals surface area (Å²) in [6, 6.07) is 0. The first-order valence-electron chi connectivity index (χ1n) is 1.65. The molecule has 9 heavy (non-hydrogen) atoms. The Balaban J connectivity index is 0. The smallest absolute Gasteiger partial charge is 0.547 e. The van der Waals surface area contributed by atoms with Crippen molar-refractivity contribution in [3.05, 3.63) is 0 Å². The maximum absolute atomic E-state index is 9.36. The van der Waals surface area contributed by atoms with E-state index < -0.39 is 18.0 Å². The zero-order valence-corrected chi connectivity index (χ0v) is 6.25. The summed E-state index contributed by atoms with van der Waals surface area (Å²) >= 11 is 0.